The summed E-state index contributed by atoms with van der Waals surface area (Å²) >= 11 is 6.98. The van der Waals surface area contributed by atoms with Crippen molar-refractivity contribution in [3.63, 3.8) is 0 Å². The van der Waals surface area contributed by atoms with Crippen LogP contribution in [0, 0.1) is 11.3 Å². The minimum atomic E-state index is -1.33. The molecule has 4 rings (SSSR count). The molecule has 2 aromatic rings. The van der Waals surface area contributed by atoms with Crippen LogP contribution in [-0.4, -0.2) is 68.4 Å². The zero-order valence-electron chi connectivity index (χ0n) is 24.0. The van der Waals surface area contributed by atoms with Crippen molar-refractivity contribution in [1.29, 1.82) is 0 Å². The van der Waals surface area contributed by atoms with Crippen LogP contribution in [-0.2, 0) is 25.7 Å². The summed E-state index contributed by atoms with van der Waals surface area (Å²) in [6, 6.07) is 15.9. The number of hydrogen-bond donors (Lipinski definition) is 0. The molecule has 8 nitrogen and oxygen atoms in total. The molecule has 2 aliphatic rings. The van der Waals surface area contributed by atoms with Gasteiger partial charge >= 0.3 is 5.97 Å². The molecule has 1 saturated heterocycles. The number of rotatable bonds is 10. The summed E-state index contributed by atoms with van der Waals surface area (Å²) in [7, 11) is 0. The SMILES string of the molecule is CC(C)[C@H]1CSC(=S)N1C(=O)[C@H](OC(=O)C(C)(C)C)[C@@H](CCN1C(=O)c2ccccc2C1=O)OCc1ccccc1. The number of ether oxygens (including phenoxy) is 2. The number of carbonyl (C=O) groups is 4. The number of nitrogens with zero attached hydrogens (tertiary/aromatic N) is 2. The molecule has 2 aromatic carbocycles. The van der Waals surface area contributed by atoms with Crippen molar-refractivity contribution in [2.75, 3.05) is 12.3 Å². The Kier molecular flexibility index (Phi) is 9.66. The number of amides is 3. The molecule has 3 atom stereocenters. The van der Waals surface area contributed by atoms with Gasteiger partial charge in [-0.1, -0.05) is 80.3 Å². The summed E-state index contributed by atoms with van der Waals surface area (Å²) < 4.78 is 12.7. The van der Waals surface area contributed by atoms with E-state index in [1.165, 1.54) is 11.8 Å². The number of esters is 1. The van der Waals surface area contributed by atoms with Crippen LogP contribution in [0.1, 0.15) is 67.3 Å². The van der Waals surface area contributed by atoms with E-state index in [9.17, 15) is 19.2 Å². The van der Waals surface area contributed by atoms with Gasteiger partial charge in [-0.15, -0.1) is 0 Å². The number of fused-ring (bicyclic) bond motifs is 1. The fourth-order valence-electron chi connectivity index (χ4n) is 4.69. The Morgan fingerprint density at radius 1 is 1.00 bits per heavy atom. The topological polar surface area (TPSA) is 93.2 Å². The van der Waals surface area contributed by atoms with Crippen LogP contribution < -0.4 is 0 Å². The molecule has 10 heteroatoms. The highest BCUT2D eigenvalue weighted by Gasteiger charge is 2.45. The van der Waals surface area contributed by atoms with Gasteiger partial charge in [-0.25, -0.2) is 0 Å². The van der Waals surface area contributed by atoms with Crippen molar-refractivity contribution < 1.29 is 28.7 Å². The standard InChI is InChI=1S/C31H36N2O6S2/c1-19(2)23-18-41-30(40)33(23)28(36)25(39-29(37)31(3,4)5)24(38-17-20-11-7-6-8-12-20)15-16-32-26(34)21-13-9-10-14-22(21)27(32)35/h6-14,19,23-25H,15-18H2,1-5H3/t23-,24-,25-/m1/s1. The second-order valence-corrected chi connectivity index (χ2v) is 13.3. The number of thiocarbonyl (C=S) groups is 1. The van der Waals surface area contributed by atoms with E-state index in [-0.39, 0.29) is 31.5 Å². The predicted molar refractivity (Wildman–Crippen MR) is 161 cm³/mol. The van der Waals surface area contributed by atoms with Crippen LogP contribution in [0.3, 0.4) is 0 Å². The molecule has 0 spiro atoms. The molecule has 0 unspecified atom stereocenters. The molecule has 0 saturated carbocycles. The molecule has 1 fully saturated rings. The molecule has 0 radical (unpaired) electrons. The first-order chi connectivity index (χ1) is 19.4. The van der Waals surface area contributed by atoms with Crippen LogP contribution in [0.15, 0.2) is 54.6 Å². The first-order valence-corrected chi connectivity index (χ1v) is 15.1. The molecular weight excluding hydrogens is 560 g/mol. The highest BCUT2D eigenvalue weighted by atomic mass is 32.2. The fourth-order valence-corrected chi connectivity index (χ4v) is 6.33. The largest absolute Gasteiger partial charge is 0.449 e. The maximum atomic E-state index is 14.2. The van der Waals surface area contributed by atoms with Gasteiger partial charge in [-0.2, -0.15) is 0 Å². The molecule has 41 heavy (non-hydrogen) atoms. The van der Waals surface area contributed by atoms with E-state index in [1.807, 2.05) is 44.2 Å². The Hall–Kier alpha value is -3.08. The molecule has 0 N–H and O–H groups in total. The van der Waals surface area contributed by atoms with Gasteiger partial charge in [0.1, 0.15) is 10.4 Å². The van der Waals surface area contributed by atoms with Crippen LogP contribution in [0.4, 0.5) is 0 Å². The molecule has 2 heterocycles. The Balaban J connectivity index is 1.66. The summed E-state index contributed by atoms with van der Waals surface area (Å²) in [6.07, 6.45) is -2.22. The zero-order chi connectivity index (χ0) is 29.9. The summed E-state index contributed by atoms with van der Waals surface area (Å²) in [4.78, 5) is 56.2. The third-order valence-electron chi connectivity index (χ3n) is 7.16. The zero-order valence-corrected chi connectivity index (χ0v) is 25.6. The fraction of sp³-hybridized carbons (Fsp3) is 0.452. The van der Waals surface area contributed by atoms with Crippen molar-refractivity contribution in [3.05, 3.63) is 71.3 Å². The maximum absolute atomic E-state index is 14.2. The third kappa shape index (κ3) is 6.88. The minimum Gasteiger partial charge on any atom is -0.449 e. The Morgan fingerprint density at radius 3 is 2.15 bits per heavy atom. The van der Waals surface area contributed by atoms with Crippen molar-refractivity contribution >= 4 is 52.0 Å². The molecular formula is C31H36N2O6S2. The molecule has 218 valence electrons. The van der Waals surface area contributed by atoms with Crippen LogP contribution in [0.5, 0.6) is 0 Å². The number of benzene rings is 2. The summed E-state index contributed by atoms with van der Waals surface area (Å²) in [6.45, 7) is 9.28. The van der Waals surface area contributed by atoms with Gasteiger partial charge in [0, 0.05) is 12.3 Å². The van der Waals surface area contributed by atoms with Crippen LogP contribution in [0.25, 0.3) is 0 Å². The van der Waals surface area contributed by atoms with Crippen molar-refractivity contribution in [2.45, 2.75) is 65.9 Å². The quantitative estimate of drug-likeness (QED) is 0.213. The molecule has 0 aliphatic carbocycles. The van der Waals surface area contributed by atoms with E-state index >= 15 is 0 Å². The average molecular weight is 597 g/mol. The van der Waals surface area contributed by atoms with E-state index < -0.39 is 41.3 Å². The van der Waals surface area contributed by atoms with Crippen molar-refractivity contribution in [2.24, 2.45) is 11.3 Å². The van der Waals surface area contributed by atoms with E-state index in [1.54, 1.807) is 49.9 Å². The Labute approximate surface area is 250 Å². The van der Waals surface area contributed by atoms with Gasteiger partial charge in [-0.05, 0) is 50.8 Å². The molecule has 2 aliphatic heterocycles. The summed E-state index contributed by atoms with van der Waals surface area (Å²) in [5.41, 5.74) is 0.650. The lowest BCUT2D eigenvalue weighted by molar-refractivity contribution is -0.177. The summed E-state index contributed by atoms with van der Waals surface area (Å²) in [5, 5.41) is 0. The van der Waals surface area contributed by atoms with E-state index in [0.29, 0.717) is 21.2 Å². The number of hydrogen-bond acceptors (Lipinski definition) is 8. The van der Waals surface area contributed by atoms with Gasteiger partial charge in [0.25, 0.3) is 17.7 Å². The lowest BCUT2D eigenvalue weighted by Crippen LogP contribution is -2.53. The normalized spacial score (nSPS) is 18.6. The van der Waals surface area contributed by atoms with E-state index in [0.717, 1.165) is 10.5 Å². The first-order valence-electron chi connectivity index (χ1n) is 13.7. The van der Waals surface area contributed by atoms with Gasteiger partial charge in [-0.3, -0.25) is 29.0 Å². The average Bonchev–Trinajstić information content (AvgIpc) is 3.44. The highest BCUT2D eigenvalue weighted by Crippen LogP contribution is 2.32. The van der Waals surface area contributed by atoms with Gasteiger partial charge < -0.3 is 9.47 Å². The maximum Gasteiger partial charge on any atom is 0.312 e. The smallest absolute Gasteiger partial charge is 0.312 e. The van der Waals surface area contributed by atoms with Crippen LogP contribution >= 0.6 is 24.0 Å². The Morgan fingerprint density at radius 2 is 1.59 bits per heavy atom. The van der Waals surface area contributed by atoms with Crippen molar-refractivity contribution in [3.8, 4) is 0 Å². The highest BCUT2D eigenvalue weighted by molar-refractivity contribution is 8.23. The molecule has 0 aromatic heterocycles. The van der Waals surface area contributed by atoms with E-state index in [2.05, 4.69) is 0 Å². The predicted octanol–water partition coefficient (Wildman–Crippen LogP) is 5.10. The van der Waals surface area contributed by atoms with Gasteiger partial charge in [0.15, 0.2) is 0 Å². The monoisotopic (exact) mass is 596 g/mol. The van der Waals surface area contributed by atoms with Crippen LogP contribution in [0.2, 0.25) is 0 Å². The van der Waals surface area contributed by atoms with Gasteiger partial charge in [0.05, 0.1) is 29.2 Å². The lowest BCUT2D eigenvalue weighted by atomic mass is 9.96. The Bertz CT molecular complexity index is 1290. The number of imide groups is 1. The minimum absolute atomic E-state index is 0.0184. The number of thioether (sulfide) groups is 1. The summed E-state index contributed by atoms with van der Waals surface area (Å²) in [5.74, 6) is -1.07. The lowest BCUT2D eigenvalue weighted by Gasteiger charge is -2.34. The first kappa shape index (κ1) is 30.9. The van der Waals surface area contributed by atoms with Gasteiger partial charge in [0.2, 0.25) is 6.10 Å². The second-order valence-electron chi connectivity index (χ2n) is 11.6. The third-order valence-corrected chi connectivity index (χ3v) is 8.66. The second kappa shape index (κ2) is 12.8. The van der Waals surface area contributed by atoms with E-state index in [4.69, 9.17) is 21.7 Å². The van der Waals surface area contributed by atoms with Crippen molar-refractivity contribution in [1.82, 2.24) is 9.80 Å². The molecule has 0 bridgehead atoms. The molecule has 3 amide bonds. The number of carbonyl (C=O) groups excluding carboxylic acids is 4.